The number of nitrogens with one attached hydrogen (secondary N) is 2. The molecule has 11 heavy (non-hydrogen) atoms. The molecule has 0 saturated carbocycles. The summed E-state index contributed by atoms with van der Waals surface area (Å²) in [6.45, 7) is 5.24. The van der Waals surface area contributed by atoms with Crippen LogP contribution in [0.1, 0.15) is 23.9 Å². The highest BCUT2D eigenvalue weighted by Gasteiger charge is 2.00. The van der Waals surface area contributed by atoms with Gasteiger partial charge >= 0.3 is 0 Å². The number of hydrogen-bond acceptors (Lipinski definition) is 1. The Morgan fingerprint density at radius 3 is 2.73 bits per heavy atom. The van der Waals surface area contributed by atoms with E-state index in [0.717, 1.165) is 13.0 Å². The van der Waals surface area contributed by atoms with Crippen LogP contribution in [0.25, 0.3) is 0 Å². The zero-order chi connectivity index (χ0) is 8.27. The van der Waals surface area contributed by atoms with Gasteiger partial charge in [0.05, 0.1) is 0 Å². The van der Waals surface area contributed by atoms with Gasteiger partial charge in [-0.15, -0.1) is 0 Å². The van der Waals surface area contributed by atoms with Crippen LogP contribution in [0.4, 0.5) is 0 Å². The lowest BCUT2D eigenvalue weighted by atomic mass is 10.2. The van der Waals surface area contributed by atoms with Crippen LogP contribution < -0.4 is 5.32 Å². The Labute approximate surface area is 68.0 Å². The molecular weight excluding hydrogens is 136 g/mol. The first kappa shape index (κ1) is 8.34. The molecule has 2 heteroatoms. The fourth-order valence-electron chi connectivity index (χ4n) is 1.24. The first-order chi connectivity index (χ1) is 5.27. The fraction of sp³-hybridized carbons (Fsp3) is 0.556. The number of H-pyrrole nitrogens is 1. The van der Waals surface area contributed by atoms with Crippen molar-refractivity contribution >= 4 is 0 Å². The summed E-state index contributed by atoms with van der Waals surface area (Å²) in [5.41, 5.74) is 3.99. The molecule has 62 valence electrons. The molecule has 0 bridgehead atoms. The number of rotatable bonds is 3. The quantitative estimate of drug-likeness (QED) is 0.676. The first-order valence-electron chi connectivity index (χ1n) is 4.10. The van der Waals surface area contributed by atoms with Crippen molar-refractivity contribution in [2.45, 2.75) is 26.8 Å². The minimum Gasteiger partial charge on any atom is -0.362 e. The van der Waals surface area contributed by atoms with E-state index in [9.17, 15) is 0 Å². The molecule has 0 unspecified atom stereocenters. The summed E-state index contributed by atoms with van der Waals surface area (Å²) in [4.78, 5) is 3.34. The highest BCUT2D eigenvalue weighted by molar-refractivity contribution is 5.24. The maximum Gasteiger partial charge on any atom is 0.0220 e. The summed E-state index contributed by atoms with van der Waals surface area (Å²) in [5, 5.41) is 3.14. The van der Waals surface area contributed by atoms with Crippen molar-refractivity contribution in [2.24, 2.45) is 0 Å². The van der Waals surface area contributed by atoms with Crippen LogP contribution in [0, 0.1) is 6.92 Å². The first-order valence-corrected chi connectivity index (χ1v) is 4.10. The van der Waals surface area contributed by atoms with Gasteiger partial charge in [0.25, 0.3) is 0 Å². The zero-order valence-corrected chi connectivity index (χ0v) is 7.49. The molecule has 0 radical (unpaired) electrons. The van der Waals surface area contributed by atoms with Crippen LogP contribution in [0.3, 0.4) is 0 Å². The molecule has 0 aliphatic rings. The Morgan fingerprint density at radius 2 is 2.27 bits per heavy atom. The second-order valence-electron chi connectivity index (χ2n) is 2.83. The third-order valence-corrected chi connectivity index (χ3v) is 1.93. The van der Waals surface area contributed by atoms with Crippen molar-refractivity contribution in [1.82, 2.24) is 10.3 Å². The topological polar surface area (TPSA) is 27.8 Å². The van der Waals surface area contributed by atoms with E-state index in [2.05, 4.69) is 30.2 Å². The van der Waals surface area contributed by atoms with E-state index in [0.29, 0.717) is 0 Å². The van der Waals surface area contributed by atoms with Crippen LogP contribution in [0.15, 0.2) is 6.07 Å². The molecule has 2 N–H and O–H groups in total. The van der Waals surface area contributed by atoms with E-state index in [1.165, 1.54) is 17.0 Å². The smallest absolute Gasteiger partial charge is 0.0220 e. The van der Waals surface area contributed by atoms with E-state index < -0.39 is 0 Å². The lowest BCUT2D eigenvalue weighted by Crippen LogP contribution is -2.04. The van der Waals surface area contributed by atoms with Crippen molar-refractivity contribution in [2.75, 3.05) is 7.05 Å². The minimum atomic E-state index is 0.961. The molecule has 0 aliphatic heterocycles. The second-order valence-corrected chi connectivity index (χ2v) is 2.83. The largest absolute Gasteiger partial charge is 0.362 e. The summed E-state index contributed by atoms with van der Waals surface area (Å²) in [5.74, 6) is 0. The Kier molecular flexibility index (Phi) is 2.71. The van der Waals surface area contributed by atoms with Gasteiger partial charge in [0.2, 0.25) is 0 Å². The Bertz CT molecular complexity index is 225. The molecular formula is C9H16N2. The van der Waals surface area contributed by atoms with Gasteiger partial charge in [-0.3, -0.25) is 0 Å². The fourth-order valence-corrected chi connectivity index (χ4v) is 1.24. The SMILES string of the molecule is CCc1cc(CNC)c(C)[nH]1. The van der Waals surface area contributed by atoms with Crippen molar-refractivity contribution in [1.29, 1.82) is 0 Å². The lowest BCUT2D eigenvalue weighted by Gasteiger charge is -1.95. The Morgan fingerprint density at radius 1 is 1.55 bits per heavy atom. The number of aromatic amines is 1. The maximum absolute atomic E-state index is 3.34. The van der Waals surface area contributed by atoms with Gasteiger partial charge in [-0.25, -0.2) is 0 Å². The third kappa shape index (κ3) is 1.84. The Hall–Kier alpha value is -0.760. The highest BCUT2D eigenvalue weighted by Crippen LogP contribution is 2.09. The van der Waals surface area contributed by atoms with Crippen LogP contribution >= 0.6 is 0 Å². The molecule has 0 spiro atoms. The van der Waals surface area contributed by atoms with E-state index in [1.54, 1.807) is 0 Å². The zero-order valence-electron chi connectivity index (χ0n) is 7.49. The molecule has 0 saturated heterocycles. The van der Waals surface area contributed by atoms with Crippen LogP contribution in [0.5, 0.6) is 0 Å². The van der Waals surface area contributed by atoms with E-state index in [4.69, 9.17) is 0 Å². The molecule has 0 fully saturated rings. The van der Waals surface area contributed by atoms with E-state index in [1.807, 2.05) is 7.05 Å². The standard InChI is InChI=1S/C9H16N2/c1-4-9-5-8(6-10-3)7(2)11-9/h5,10-11H,4,6H2,1-3H3. The van der Waals surface area contributed by atoms with Gasteiger partial charge in [0.15, 0.2) is 0 Å². The molecule has 2 nitrogen and oxygen atoms in total. The van der Waals surface area contributed by atoms with E-state index >= 15 is 0 Å². The van der Waals surface area contributed by atoms with Crippen LogP contribution in [0.2, 0.25) is 0 Å². The summed E-state index contributed by atoms with van der Waals surface area (Å²) in [6, 6.07) is 2.23. The van der Waals surface area contributed by atoms with Gasteiger partial charge in [0, 0.05) is 17.9 Å². The summed E-state index contributed by atoms with van der Waals surface area (Å²) in [6.07, 6.45) is 1.09. The van der Waals surface area contributed by atoms with Gasteiger partial charge < -0.3 is 10.3 Å². The predicted octanol–water partition coefficient (Wildman–Crippen LogP) is 1.60. The normalized spacial score (nSPS) is 10.5. The van der Waals surface area contributed by atoms with Crippen molar-refractivity contribution < 1.29 is 0 Å². The van der Waals surface area contributed by atoms with Crippen molar-refractivity contribution in [3.63, 3.8) is 0 Å². The van der Waals surface area contributed by atoms with E-state index in [-0.39, 0.29) is 0 Å². The molecule has 1 aromatic heterocycles. The molecule has 0 atom stereocenters. The van der Waals surface area contributed by atoms with Crippen molar-refractivity contribution in [3.05, 3.63) is 23.0 Å². The highest BCUT2D eigenvalue weighted by atomic mass is 14.8. The summed E-state index contributed by atoms with van der Waals surface area (Å²) < 4.78 is 0. The Balaban J connectivity index is 2.79. The van der Waals surface area contributed by atoms with Crippen LogP contribution in [-0.4, -0.2) is 12.0 Å². The number of hydrogen-bond donors (Lipinski definition) is 2. The maximum atomic E-state index is 3.34. The van der Waals surface area contributed by atoms with Crippen molar-refractivity contribution in [3.8, 4) is 0 Å². The lowest BCUT2D eigenvalue weighted by molar-refractivity contribution is 0.812. The average molecular weight is 152 g/mol. The third-order valence-electron chi connectivity index (χ3n) is 1.93. The molecule has 0 aliphatic carbocycles. The van der Waals surface area contributed by atoms with Crippen LogP contribution in [-0.2, 0) is 13.0 Å². The van der Waals surface area contributed by atoms with Gasteiger partial charge in [-0.05, 0) is 32.0 Å². The van der Waals surface area contributed by atoms with Gasteiger partial charge in [-0.1, -0.05) is 6.92 Å². The number of aryl methyl sites for hydroxylation is 2. The molecule has 1 rings (SSSR count). The van der Waals surface area contributed by atoms with Gasteiger partial charge in [0.1, 0.15) is 0 Å². The molecule has 0 amide bonds. The molecule has 0 aromatic carbocycles. The minimum absolute atomic E-state index is 0.961. The summed E-state index contributed by atoms with van der Waals surface area (Å²) in [7, 11) is 1.97. The second kappa shape index (κ2) is 3.58. The monoisotopic (exact) mass is 152 g/mol. The summed E-state index contributed by atoms with van der Waals surface area (Å²) >= 11 is 0. The number of aromatic nitrogens is 1. The van der Waals surface area contributed by atoms with Gasteiger partial charge in [-0.2, -0.15) is 0 Å². The molecule has 1 aromatic rings. The molecule has 1 heterocycles. The average Bonchev–Trinajstić information content (AvgIpc) is 2.33. The predicted molar refractivity (Wildman–Crippen MR) is 47.7 cm³/mol.